The van der Waals surface area contributed by atoms with Gasteiger partial charge in [-0.1, -0.05) is 6.07 Å². The molecule has 0 bridgehead atoms. The fourth-order valence-corrected chi connectivity index (χ4v) is 6.23. The maximum atomic E-state index is 13.3. The summed E-state index contributed by atoms with van der Waals surface area (Å²) in [4.78, 5) is 38.2. The molecule has 1 N–H and O–H groups in total. The van der Waals surface area contributed by atoms with Crippen LogP contribution in [0.4, 0.5) is 5.69 Å². The van der Waals surface area contributed by atoms with E-state index >= 15 is 0 Å². The van der Waals surface area contributed by atoms with Gasteiger partial charge in [-0.25, -0.2) is 9.67 Å². The molecule has 0 unspecified atom stereocenters. The van der Waals surface area contributed by atoms with E-state index in [1.807, 2.05) is 38.2 Å². The molecule has 1 aliphatic heterocycles. The zero-order valence-corrected chi connectivity index (χ0v) is 23.8. The first kappa shape index (κ1) is 27.5. The molecule has 10 nitrogen and oxygen atoms in total. The fourth-order valence-electron chi connectivity index (χ4n) is 6.23. The van der Waals surface area contributed by atoms with Crippen molar-refractivity contribution in [3.63, 3.8) is 0 Å². The number of amides is 1. The van der Waals surface area contributed by atoms with Gasteiger partial charge in [0.2, 0.25) is 0 Å². The Hall–Kier alpha value is -3.63. The second kappa shape index (κ2) is 11.7. The first-order valence-corrected chi connectivity index (χ1v) is 14.8. The van der Waals surface area contributed by atoms with Crippen molar-refractivity contribution in [2.75, 3.05) is 38.2 Å². The highest BCUT2D eigenvalue weighted by molar-refractivity contribution is 6.04. The Labute approximate surface area is 240 Å². The molecule has 0 spiro atoms. The van der Waals surface area contributed by atoms with Crippen molar-refractivity contribution in [1.82, 2.24) is 24.6 Å². The van der Waals surface area contributed by atoms with E-state index in [-0.39, 0.29) is 11.9 Å². The van der Waals surface area contributed by atoms with Gasteiger partial charge in [0.05, 0.1) is 54.9 Å². The Kier molecular flexibility index (Phi) is 7.86. The van der Waals surface area contributed by atoms with Crippen LogP contribution in [0.2, 0.25) is 0 Å². The van der Waals surface area contributed by atoms with Crippen molar-refractivity contribution >= 4 is 17.6 Å². The highest BCUT2D eigenvalue weighted by Gasteiger charge is 2.46. The van der Waals surface area contributed by atoms with E-state index in [1.54, 1.807) is 17.1 Å². The number of rotatable bonds is 8. The fraction of sp³-hybridized carbons (Fsp3) is 0.516. The summed E-state index contributed by atoms with van der Waals surface area (Å²) < 4.78 is 12.7. The molecule has 3 aliphatic rings. The Balaban J connectivity index is 1.14. The molecule has 2 aliphatic carbocycles. The predicted molar refractivity (Wildman–Crippen MR) is 153 cm³/mol. The number of anilines is 1. The number of hydrogen-bond acceptors (Lipinski definition) is 8. The maximum absolute atomic E-state index is 13.3. The molecule has 41 heavy (non-hydrogen) atoms. The summed E-state index contributed by atoms with van der Waals surface area (Å²) >= 11 is 0. The molecule has 4 heterocycles. The van der Waals surface area contributed by atoms with Gasteiger partial charge in [-0.05, 0) is 82.1 Å². The van der Waals surface area contributed by atoms with Crippen LogP contribution in [0.3, 0.4) is 0 Å². The molecule has 6 rings (SSSR count). The Bertz CT molecular complexity index is 1370. The predicted octanol–water partition coefficient (Wildman–Crippen LogP) is 4.18. The van der Waals surface area contributed by atoms with Gasteiger partial charge in [0.25, 0.3) is 5.91 Å². The Morgan fingerprint density at radius 1 is 1.02 bits per heavy atom. The highest BCUT2D eigenvalue weighted by Crippen LogP contribution is 2.42. The number of ether oxygens (including phenoxy) is 2. The summed E-state index contributed by atoms with van der Waals surface area (Å²) in [7, 11) is 0. The monoisotopic (exact) mass is 558 g/mol. The molecule has 10 heteroatoms. The average molecular weight is 559 g/mol. The van der Waals surface area contributed by atoms with Crippen molar-refractivity contribution in [2.24, 2.45) is 0 Å². The van der Waals surface area contributed by atoms with Gasteiger partial charge >= 0.3 is 5.97 Å². The largest absolute Gasteiger partial charge is 0.465 e. The number of carbonyl (C=O) groups is 2. The number of nitrogens with zero attached hydrogens (tertiary/aromatic N) is 5. The number of carbonyl (C=O) groups excluding carboxylic acids is 2. The molecule has 0 radical (unpaired) electrons. The molecule has 216 valence electrons. The van der Waals surface area contributed by atoms with Crippen molar-refractivity contribution in [2.45, 2.75) is 69.7 Å². The zero-order valence-electron chi connectivity index (χ0n) is 23.8. The third-order valence-electron chi connectivity index (χ3n) is 8.84. The summed E-state index contributed by atoms with van der Waals surface area (Å²) in [6.45, 7) is 7.42. The van der Waals surface area contributed by atoms with Crippen LogP contribution < -0.4 is 5.32 Å². The van der Waals surface area contributed by atoms with Crippen LogP contribution in [0.25, 0.3) is 5.82 Å². The van der Waals surface area contributed by atoms with Gasteiger partial charge in [0.1, 0.15) is 5.41 Å². The summed E-state index contributed by atoms with van der Waals surface area (Å²) in [6.07, 6.45) is 10.7. The van der Waals surface area contributed by atoms with Crippen molar-refractivity contribution in [3.8, 4) is 5.82 Å². The number of pyridine rings is 2. The van der Waals surface area contributed by atoms with Crippen LogP contribution in [0.5, 0.6) is 0 Å². The quantitative estimate of drug-likeness (QED) is 0.410. The van der Waals surface area contributed by atoms with Crippen LogP contribution in [0, 0.1) is 6.92 Å². The minimum absolute atomic E-state index is 0.216. The van der Waals surface area contributed by atoms with E-state index in [9.17, 15) is 9.59 Å². The van der Waals surface area contributed by atoms with Crippen molar-refractivity contribution < 1.29 is 19.1 Å². The maximum Gasteiger partial charge on any atom is 0.318 e. The Morgan fingerprint density at radius 3 is 2.44 bits per heavy atom. The number of morpholine rings is 1. The van der Waals surface area contributed by atoms with E-state index in [1.165, 1.54) is 18.4 Å². The number of hydrogen-bond donors (Lipinski definition) is 1. The average Bonchev–Trinajstić information content (AvgIpc) is 3.79. The van der Waals surface area contributed by atoms with Gasteiger partial charge in [-0.3, -0.25) is 19.5 Å². The molecule has 1 amide bonds. The van der Waals surface area contributed by atoms with E-state index in [4.69, 9.17) is 9.47 Å². The van der Waals surface area contributed by atoms with E-state index in [0.29, 0.717) is 59.9 Å². The number of nitrogens with one attached hydrogen (secondary N) is 1. The van der Waals surface area contributed by atoms with E-state index in [0.717, 1.165) is 39.1 Å². The second-order valence-electron chi connectivity index (χ2n) is 11.3. The molecule has 0 aromatic carbocycles. The lowest BCUT2D eigenvalue weighted by Gasteiger charge is -2.42. The van der Waals surface area contributed by atoms with Gasteiger partial charge in [-0.15, -0.1) is 0 Å². The van der Waals surface area contributed by atoms with Crippen LogP contribution in [-0.2, 0) is 19.7 Å². The molecular weight excluding hydrogens is 520 g/mol. The first-order valence-electron chi connectivity index (χ1n) is 14.8. The molecule has 3 aromatic heterocycles. The topological polar surface area (TPSA) is 111 Å². The van der Waals surface area contributed by atoms with Crippen LogP contribution in [0.15, 0.2) is 42.9 Å². The standard InChI is InChI=1S/C31H38N6O4/c1-3-41-30(39)31(12-10-25(11-13-31)36-14-16-40-17-15-36)27-8-7-24(19-32-27)35-29(38)26-20-34-37(21(26)2)28-9-6-23(18-33-28)22-4-5-22/h6-9,18-20,22,25H,3-5,10-17H2,1-2H3,(H,35,38)/t25-,31+. The van der Waals surface area contributed by atoms with Gasteiger partial charge < -0.3 is 14.8 Å². The summed E-state index contributed by atoms with van der Waals surface area (Å²) in [5.41, 5.74) is 2.89. The zero-order chi connectivity index (χ0) is 28.4. The lowest BCUT2D eigenvalue weighted by molar-refractivity contribution is -0.152. The smallest absolute Gasteiger partial charge is 0.318 e. The molecular formula is C31H38N6O4. The lowest BCUT2D eigenvalue weighted by Crippen LogP contribution is -2.49. The SMILES string of the molecule is CCOC(=O)[C@]1(c2ccc(NC(=O)c3cnn(-c4ccc(C5CC5)cn4)c3C)cn2)CC[C@H](N2CCOCC2)CC1. The number of esters is 1. The van der Waals surface area contributed by atoms with Crippen LogP contribution in [0.1, 0.15) is 78.7 Å². The molecule has 1 saturated heterocycles. The summed E-state index contributed by atoms with van der Waals surface area (Å²) in [6, 6.07) is 8.14. The van der Waals surface area contributed by atoms with E-state index in [2.05, 4.69) is 31.3 Å². The minimum atomic E-state index is -0.777. The summed E-state index contributed by atoms with van der Waals surface area (Å²) in [5, 5.41) is 7.35. The van der Waals surface area contributed by atoms with Crippen LogP contribution >= 0.6 is 0 Å². The molecule has 2 saturated carbocycles. The normalized spacial score (nSPS) is 23.2. The molecule has 3 fully saturated rings. The lowest BCUT2D eigenvalue weighted by atomic mass is 9.69. The van der Waals surface area contributed by atoms with Crippen LogP contribution in [-0.4, -0.2) is 75.5 Å². The Morgan fingerprint density at radius 2 is 1.80 bits per heavy atom. The van der Waals surface area contributed by atoms with Crippen molar-refractivity contribution in [1.29, 1.82) is 0 Å². The van der Waals surface area contributed by atoms with Gasteiger partial charge in [-0.2, -0.15) is 5.10 Å². The van der Waals surface area contributed by atoms with Gasteiger partial charge in [0, 0.05) is 25.3 Å². The van der Waals surface area contributed by atoms with Gasteiger partial charge in [0.15, 0.2) is 5.82 Å². The second-order valence-corrected chi connectivity index (χ2v) is 11.3. The first-order chi connectivity index (χ1) is 20.0. The molecule has 3 aromatic rings. The summed E-state index contributed by atoms with van der Waals surface area (Å²) in [5.74, 6) is 0.828. The van der Waals surface area contributed by atoms with E-state index < -0.39 is 5.41 Å². The minimum Gasteiger partial charge on any atom is -0.465 e. The van der Waals surface area contributed by atoms with Crippen molar-refractivity contribution in [3.05, 3.63) is 65.4 Å². The highest BCUT2D eigenvalue weighted by atomic mass is 16.5. The molecule has 0 atom stereocenters. The third kappa shape index (κ3) is 5.63. The third-order valence-corrected chi connectivity index (χ3v) is 8.84. The number of aromatic nitrogens is 4.